The maximum Gasteiger partial charge on any atom is 0.311 e. The molecule has 2 heterocycles. The molecule has 3 rings (SSSR count). The summed E-state index contributed by atoms with van der Waals surface area (Å²) in [5.41, 5.74) is 0.446. The van der Waals surface area contributed by atoms with Crippen molar-refractivity contribution in [3.05, 3.63) is 15.4 Å². The number of thiophene rings is 1. The van der Waals surface area contributed by atoms with Gasteiger partial charge in [-0.05, 0) is 57.8 Å². The molecule has 100 valence electrons. The zero-order valence-corrected chi connectivity index (χ0v) is 12.5. The Bertz CT molecular complexity index is 627. The maximum atomic E-state index is 11.2. The molecule has 2 aromatic rings. The summed E-state index contributed by atoms with van der Waals surface area (Å²) < 4.78 is 2.63. The van der Waals surface area contributed by atoms with Crippen LogP contribution in [0.15, 0.2) is 9.85 Å². The number of halogens is 1. The molecule has 0 aliphatic heterocycles. The molecular weight excluding hydrogens is 332 g/mol. The molecule has 0 amide bonds. The van der Waals surface area contributed by atoms with Gasteiger partial charge in [0.15, 0.2) is 5.82 Å². The number of tetrazole rings is 1. The van der Waals surface area contributed by atoms with Crippen LogP contribution in [0.2, 0.25) is 0 Å². The summed E-state index contributed by atoms with van der Waals surface area (Å²) in [4.78, 5) is 12.2. The van der Waals surface area contributed by atoms with Crippen LogP contribution in [0.3, 0.4) is 0 Å². The second-order valence-corrected chi connectivity index (χ2v) is 7.18. The molecular formula is C11H11BrN4O2S. The lowest BCUT2D eigenvalue weighted by molar-refractivity contribution is -0.144. The van der Waals surface area contributed by atoms with E-state index < -0.39 is 11.4 Å². The van der Waals surface area contributed by atoms with Gasteiger partial charge < -0.3 is 5.11 Å². The lowest BCUT2D eigenvalue weighted by atomic mass is 10.1. The van der Waals surface area contributed by atoms with E-state index in [-0.39, 0.29) is 0 Å². The Morgan fingerprint density at radius 2 is 2.37 bits per heavy atom. The van der Waals surface area contributed by atoms with Crippen LogP contribution in [0.4, 0.5) is 0 Å². The highest BCUT2D eigenvalue weighted by Gasteiger charge is 2.51. The fourth-order valence-corrected chi connectivity index (χ4v) is 3.46. The van der Waals surface area contributed by atoms with Gasteiger partial charge in [-0.15, -0.1) is 16.4 Å². The number of hydrogen-bond donors (Lipinski definition) is 1. The number of aryl methyl sites for hydroxylation is 1. The minimum atomic E-state index is -0.766. The van der Waals surface area contributed by atoms with E-state index in [1.54, 1.807) is 16.0 Å². The van der Waals surface area contributed by atoms with E-state index in [1.807, 2.05) is 13.0 Å². The van der Waals surface area contributed by atoms with E-state index in [0.29, 0.717) is 25.2 Å². The molecule has 1 N–H and O–H groups in total. The fourth-order valence-electron chi connectivity index (χ4n) is 1.93. The van der Waals surface area contributed by atoms with Crippen molar-refractivity contribution in [2.45, 2.75) is 26.3 Å². The minimum Gasteiger partial charge on any atom is -0.481 e. The molecule has 1 saturated carbocycles. The Morgan fingerprint density at radius 3 is 2.89 bits per heavy atom. The second kappa shape index (κ2) is 4.38. The average Bonchev–Trinajstić information content (AvgIpc) is 2.87. The predicted octanol–water partition coefficient (Wildman–Crippen LogP) is 2.34. The van der Waals surface area contributed by atoms with Crippen LogP contribution in [0.1, 0.15) is 18.4 Å². The van der Waals surface area contributed by atoms with Crippen LogP contribution in [-0.2, 0) is 11.3 Å². The first-order valence-electron chi connectivity index (χ1n) is 5.78. The first kappa shape index (κ1) is 12.7. The van der Waals surface area contributed by atoms with Gasteiger partial charge in [0.05, 0.1) is 20.6 Å². The molecule has 0 radical (unpaired) electrons. The third-order valence-electron chi connectivity index (χ3n) is 3.37. The number of carboxylic acid groups (broad SMARTS) is 1. The van der Waals surface area contributed by atoms with Crippen LogP contribution in [-0.4, -0.2) is 31.3 Å². The first-order chi connectivity index (χ1) is 9.02. The lowest BCUT2D eigenvalue weighted by Gasteiger charge is -2.09. The summed E-state index contributed by atoms with van der Waals surface area (Å²) in [5, 5.41) is 20.8. The van der Waals surface area contributed by atoms with Crippen LogP contribution in [0, 0.1) is 12.3 Å². The van der Waals surface area contributed by atoms with E-state index in [0.717, 1.165) is 14.2 Å². The van der Waals surface area contributed by atoms with Gasteiger partial charge in [-0.1, -0.05) is 0 Å². The highest BCUT2D eigenvalue weighted by molar-refractivity contribution is 9.11. The Kier molecular flexibility index (Phi) is 2.94. The summed E-state index contributed by atoms with van der Waals surface area (Å²) in [7, 11) is 0. The van der Waals surface area contributed by atoms with Crippen molar-refractivity contribution in [1.29, 1.82) is 0 Å². The van der Waals surface area contributed by atoms with Crippen molar-refractivity contribution in [2.24, 2.45) is 5.41 Å². The van der Waals surface area contributed by atoms with Crippen molar-refractivity contribution in [2.75, 3.05) is 0 Å². The van der Waals surface area contributed by atoms with Gasteiger partial charge >= 0.3 is 5.97 Å². The number of carboxylic acids is 1. The normalized spacial score (nSPS) is 16.5. The summed E-state index contributed by atoms with van der Waals surface area (Å²) in [5.74, 6) is -0.135. The molecule has 0 spiro atoms. The van der Waals surface area contributed by atoms with Crippen LogP contribution in [0.5, 0.6) is 0 Å². The van der Waals surface area contributed by atoms with E-state index in [1.165, 1.54) is 0 Å². The number of rotatable bonds is 4. The second-order valence-electron chi connectivity index (χ2n) is 4.81. The number of carbonyl (C=O) groups is 1. The largest absolute Gasteiger partial charge is 0.481 e. The van der Waals surface area contributed by atoms with Crippen LogP contribution in [0.25, 0.3) is 10.7 Å². The number of aromatic nitrogens is 4. The molecule has 0 saturated heterocycles. The van der Waals surface area contributed by atoms with Gasteiger partial charge in [-0.3, -0.25) is 4.79 Å². The lowest BCUT2D eigenvalue weighted by Crippen LogP contribution is -2.22. The topological polar surface area (TPSA) is 80.9 Å². The number of nitrogens with zero attached hydrogens (tertiary/aromatic N) is 4. The highest BCUT2D eigenvalue weighted by Crippen LogP contribution is 2.47. The Morgan fingerprint density at radius 1 is 1.63 bits per heavy atom. The van der Waals surface area contributed by atoms with Gasteiger partial charge in [-0.2, -0.15) is 0 Å². The van der Waals surface area contributed by atoms with Gasteiger partial charge in [-0.25, -0.2) is 4.68 Å². The van der Waals surface area contributed by atoms with E-state index in [9.17, 15) is 9.90 Å². The zero-order chi connectivity index (χ0) is 13.6. The quantitative estimate of drug-likeness (QED) is 0.922. The third kappa shape index (κ3) is 2.18. The molecule has 8 heteroatoms. The molecule has 1 fully saturated rings. The van der Waals surface area contributed by atoms with Crippen molar-refractivity contribution >= 4 is 33.2 Å². The molecule has 2 aromatic heterocycles. The molecule has 19 heavy (non-hydrogen) atoms. The van der Waals surface area contributed by atoms with E-state index >= 15 is 0 Å². The van der Waals surface area contributed by atoms with Gasteiger partial charge in [0.1, 0.15) is 0 Å². The fraction of sp³-hybridized carbons (Fsp3) is 0.455. The van der Waals surface area contributed by atoms with Crippen LogP contribution >= 0.6 is 27.3 Å². The average molecular weight is 343 g/mol. The van der Waals surface area contributed by atoms with Gasteiger partial charge in [0.2, 0.25) is 0 Å². The van der Waals surface area contributed by atoms with Crippen molar-refractivity contribution in [1.82, 2.24) is 20.2 Å². The Balaban J connectivity index is 1.93. The molecule has 1 aliphatic rings. The Labute approximate surface area is 121 Å². The smallest absolute Gasteiger partial charge is 0.311 e. The maximum absolute atomic E-state index is 11.2. The molecule has 0 atom stereocenters. The third-order valence-corrected chi connectivity index (χ3v) is 5.50. The van der Waals surface area contributed by atoms with E-state index in [2.05, 4.69) is 31.5 Å². The van der Waals surface area contributed by atoms with E-state index in [4.69, 9.17) is 0 Å². The molecule has 1 aliphatic carbocycles. The predicted molar refractivity (Wildman–Crippen MR) is 72.9 cm³/mol. The minimum absolute atomic E-state index is 0.333. The first-order valence-corrected chi connectivity index (χ1v) is 7.39. The monoisotopic (exact) mass is 342 g/mol. The SMILES string of the molecule is Cc1cc(-c2nnnn2CC2(C(=O)O)CC2)sc1Br. The zero-order valence-electron chi connectivity index (χ0n) is 10.1. The summed E-state index contributed by atoms with van der Waals surface area (Å²) in [6.07, 6.45) is 1.38. The summed E-state index contributed by atoms with van der Waals surface area (Å²) in [6, 6.07) is 2.00. The molecule has 6 nitrogen and oxygen atoms in total. The highest BCUT2D eigenvalue weighted by atomic mass is 79.9. The number of hydrogen-bond acceptors (Lipinski definition) is 5. The number of aliphatic carboxylic acids is 1. The molecule has 0 bridgehead atoms. The van der Waals surface area contributed by atoms with Crippen molar-refractivity contribution < 1.29 is 9.90 Å². The molecule has 0 aromatic carbocycles. The van der Waals surface area contributed by atoms with Crippen molar-refractivity contribution in [3.63, 3.8) is 0 Å². The summed E-state index contributed by atoms with van der Waals surface area (Å²) in [6.45, 7) is 2.33. The standard InChI is InChI=1S/C11H11BrN4O2S/c1-6-4-7(19-8(6)12)9-13-14-15-16(9)5-11(2-3-11)10(17)18/h4H,2-3,5H2,1H3,(H,17,18). The Hall–Kier alpha value is -1.28. The van der Waals surface area contributed by atoms with Gasteiger partial charge in [0.25, 0.3) is 0 Å². The molecule has 0 unspecified atom stereocenters. The summed E-state index contributed by atoms with van der Waals surface area (Å²) >= 11 is 5.02. The van der Waals surface area contributed by atoms with Gasteiger partial charge in [0, 0.05) is 0 Å². The van der Waals surface area contributed by atoms with Crippen molar-refractivity contribution in [3.8, 4) is 10.7 Å². The van der Waals surface area contributed by atoms with Crippen LogP contribution < -0.4 is 0 Å².